The van der Waals surface area contributed by atoms with Gasteiger partial charge in [0.25, 0.3) is 5.91 Å². The molecule has 0 unspecified atom stereocenters. The molecule has 1 aromatic carbocycles. The molecule has 0 bridgehead atoms. The molecule has 2 saturated carbocycles. The third kappa shape index (κ3) is 8.07. The predicted octanol–water partition coefficient (Wildman–Crippen LogP) is 4.75. The molecule has 262 valence electrons. The van der Waals surface area contributed by atoms with Crippen LogP contribution in [-0.4, -0.2) is 66.7 Å². The van der Waals surface area contributed by atoms with Crippen LogP contribution >= 0.6 is 11.3 Å². The summed E-state index contributed by atoms with van der Waals surface area (Å²) < 4.78 is 39.3. The van der Waals surface area contributed by atoms with Crippen LogP contribution in [0.1, 0.15) is 83.2 Å². The van der Waals surface area contributed by atoms with E-state index in [1.54, 1.807) is 7.11 Å². The molecule has 12 nitrogen and oxygen atoms in total. The van der Waals surface area contributed by atoms with Crippen molar-refractivity contribution < 1.29 is 32.3 Å². The van der Waals surface area contributed by atoms with Crippen LogP contribution in [0.15, 0.2) is 41.8 Å². The first-order chi connectivity index (χ1) is 23.5. The van der Waals surface area contributed by atoms with E-state index in [9.17, 15) is 22.8 Å². The Morgan fingerprint density at radius 1 is 1.14 bits per heavy atom. The van der Waals surface area contributed by atoms with Crippen molar-refractivity contribution in [3.63, 3.8) is 0 Å². The summed E-state index contributed by atoms with van der Waals surface area (Å²) in [6.07, 6.45) is 8.66. The number of sulfonamides is 1. The monoisotopic (exact) mass is 709 g/mol. The average molecular weight is 710 g/mol. The number of methoxy groups -OCH3 is 1. The lowest BCUT2D eigenvalue weighted by atomic mass is 10.1. The number of carbonyl (C=O) groups is 3. The van der Waals surface area contributed by atoms with Gasteiger partial charge in [-0.05, 0) is 56.6 Å². The summed E-state index contributed by atoms with van der Waals surface area (Å²) >= 11 is 1.50. The lowest BCUT2D eigenvalue weighted by molar-refractivity contribution is -0.132. The largest absolute Gasteiger partial charge is 0.497 e. The van der Waals surface area contributed by atoms with E-state index >= 15 is 0 Å². The second kappa shape index (κ2) is 14.4. The molecule has 3 aromatic rings. The Kier molecular flexibility index (Phi) is 10.3. The third-order valence-electron chi connectivity index (χ3n) is 9.23. The number of allylic oxidation sites excluding steroid dienone is 1. The molecule has 3 N–H and O–H groups in total. The molecule has 3 aliphatic rings. The second-order valence-electron chi connectivity index (χ2n) is 13.4. The summed E-state index contributed by atoms with van der Waals surface area (Å²) in [5.41, 5.74) is 0.842. The molecule has 0 spiro atoms. The van der Waals surface area contributed by atoms with Gasteiger partial charge in [-0.2, -0.15) is 0 Å². The number of carbonyl (C=O) groups excluding carboxylic acids is 3. The Labute approximate surface area is 290 Å². The first kappa shape index (κ1) is 34.8. The lowest BCUT2D eigenvalue weighted by Crippen LogP contribution is -2.57. The van der Waals surface area contributed by atoms with E-state index in [0.29, 0.717) is 42.0 Å². The summed E-state index contributed by atoms with van der Waals surface area (Å²) in [5, 5.41) is 8.60. The van der Waals surface area contributed by atoms with Crippen molar-refractivity contribution in [2.24, 2.45) is 5.92 Å². The molecule has 0 saturated heterocycles. The molecular formula is C35H43N5O7S2. The summed E-state index contributed by atoms with van der Waals surface area (Å²) in [6, 6.07) is 6.30. The second-order valence-corrected chi connectivity index (χ2v) is 16.2. The lowest BCUT2D eigenvalue weighted by Gasteiger charge is -2.24. The van der Waals surface area contributed by atoms with Gasteiger partial charge in [0.05, 0.1) is 30.2 Å². The van der Waals surface area contributed by atoms with E-state index < -0.39 is 38.7 Å². The van der Waals surface area contributed by atoms with E-state index in [2.05, 4.69) is 29.2 Å². The van der Waals surface area contributed by atoms with Crippen molar-refractivity contribution in [2.75, 3.05) is 13.7 Å². The fraction of sp³-hybridized carbons (Fsp3) is 0.514. The summed E-state index contributed by atoms with van der Waals surface area (Å²) in [7, 11) is -2.24. The van der Waals surface area contributed by atoms with Gasteiger partial charge in [0.1, 0.15) is 33.8 Å². The normalized spacial score (nSPS) is 23.9. The molecule has 2 aromatic heterocycles. The minimum absolute atomic E-state index is 0.0522. The molecule has 2 aliphatic carbocycles. The molecular weight excluding hydrogens is 667 g/mol. The fourth-order valence-electron chi connectivity index (χ4n) is 5.98. The van der Waals surface area contributed by atoms with Crippen molar-refractivity contribution >= 4 is 50.0 Å². The van der Waals surface area contributed by atoms with E-state index in [4.69, 9.17) is 19.4 Å². The number of pyridine rings is 1. The minimum atomic E-state index is -3.82. The zero-order chi connectivity index (χ0) is 34.8. The Hall–Kier alpha value is -4.04. The van der Waals surface area contributed by atoms with Crippen LogP contribution < -0.4 is 24.8 Å². The Morgan fingerprint density at radius 2 is 1.96 bits per heavy atom. The number of thiazole rings is 1. The van der Waals surface area contributed by atoms with Crippen molar-refractivity contribution in [2.45, 2.75) is 94.4 Å². The zero-order valence-electron chi connectivity index (χ0n) is 28.0. The van der Waals surface area contributed by atoms with Gasteiger partial charge in [0.2, 0.25) is 21.8 Å². The van der Waals surface area contributed by atoms with Gasteiger partial charge < -0.3 is 20.1 Å². The topological polar surface area (TPSA) is 166 Å². The molecule has 6 rings (SSSR count). The molecule has 3 atom stereocenters. The van der Waals surface area contributed by atoms with E-state index in [-0.39, 0.29) is 43.6 Å². The SMILES string of the molecule is COc1ccc2c(OCC[C@@H]3NC(=O)CCCCC/C=C\[C@@H]4C[C@@]4(C(=O)NS(=O)(=O)C4CC4)NC3=O)cc(-c3nc(C(C)C)cs3)nc2c1. The molecule has 14 heteroatoms. The predicted molar refractivity (Wildman–Crippen MR) is 187 cm³/mol. The fourth-order valence-corrected chi connectivity index (χ4v) is 8.28. The molecule has 1 aliphatic heterocycles. The van der Waals surface area contributed by atoms with E-state index in [0.717, 1.165) is 35.4 Å². The number of hydrogen-bond donors (Lipinski definition) is 3. The summed E-state index contributed by atoms with van der Waals surface area (Å²) in [5.74, 6) is -0.518. The number of ether oxygens (including phenoxy) is 2. The summed E-state index contributed by atoms with van der Waals surface area (Å²) in [6.45, 7) is 4.21. The highest BCUT2D eigenvalue weighted by atomic mass is 32.2. The average Bonchev–Trinajstić information content (AvgIpc) is 3.99. The van der Waals surface area contributed by atoms with Crippen molar-refractivity contribution in [1.82, 2.24) is 25.3 Å². The highest BCUT2D eigenvalue weighted by Crippen LogP contribution is 2.46. The number of fused-ring (bicyclic) bond motifs is 2. The number of rotatable bonds is 10. The first-order valence-electron chi connectivity index (χ1n) is 16.9. The van der Waals surface area contributed by atoms with Gasteiger partial charge in [-0.25, -0.2) is 18.4 Å². The summed E-state index contributed by atoms with van der Waals surface area (Å²) in [4.78, 5) is 49.9. The van der Waals surface area contributed by atoms with Gasteiger partial charge in [0, 0.05) is 41.7 Å². The number of amides is 3. The standard InChI is InChI=1S/C35H43N5O7S2/c1-21(2)29-20-48-33(38-29)28-18-30(25-14-11-23(46-3)17-27(25)36-28)47-16-15-26-32(42)39-35(34(43)40-49(44,45)24-12-13-24)19-22(35)9-7-5-4-6-8-10-31(41)37-26/h7,9,11,14,17-18,20-22,24,26H,4-6,8,10,12-13,15-16,19H2,1-3H3,(H,37,41)(H,39,42)(H,40,43)/b9-7-/t22-,26+,35-/m1/s1. The van der Waals surface area contributed by atoms with Crippen LogP contribution in [0, 0.1) is 5.92 Å². The third-order valence-corrected chi connectivity index (χ3v) is 11.9. The van der Waals surface area contributed by atoms with Gasteiger partial charge in [-0.3, -0.25) is 19.1 Å². The van der Waals surface area contributed by atoms with E-state index in [1.165, 1.54) is 11.3 Å². The molecule has 3 heterocycles. The number of benzene rings is 1. The van der Waals surface area contributed by atoms with Crippen LogP contribution in [0.4, 0.5) is 0 Å². The molecule has 2 fully saturated rings. The quantitative estimate of drug-likeness (QED) is 0.252. The van der Waals surface area contributed by atoms with Crippen LogP contribution in [0.5, 0.6) is 11.5 Å². The highest BCUT2D eigenvalue weighted by molar-refractivity contribution is 7.91. The van der Waals surface area contributed by atoms with Crippen LogP contribution in [0.3, 0.4) is 0 Å². The van der Waals surface area contributed by atoms with Crippen molar-refractivity contribution in [3.8, 4) is 22.2 Å². The Morgan fingerprint density at radius 3 is 2.69 bits per heavy atom. The maximum absolute atomic E-state index is 13.8. The van der Waals surface area contributed by atoms with E-state index in [1.807, 2.05) is 41.8 Å². The van der Waals surface area contributed by atoms with Crippen LogP contribution in [0.25, 0.3) is 21.6 Å². The Balaban J connectivity index is 1.23. The molecule has 49 heavy (non-hydrogen) atoms. The van der Waals surface area contributed by atoms with Crippen molar-refractivity contribution in [1.29, 1.82) is 0 Å². The van der Waals surface area contributed by atoms with Gasteiger partial charge >= 0.3 is 0 Å². The van der Waals surface area contributed by atoms with Crippen molar-refractivity contribution in [3.05, 3.63) is 47.5 Å². The van der Waals surface area contributed by atoms with Gasteiger partial charge in [0.15, 0.2) is 0 Å². The van der Waals surface area contributed by atoms with Crippen LogP contribution in [0.2, 0.25) is 0 Å². The highest BCUT2D eigenvalue weighted by Gasteiger charge is 2.61. The Bertz CT molecular complexity index is 1870. The molecule has 0 radical (unpaired) electrons. The maximum Gasteiger partial charge on any atom is 0.259 e. The number of aromatic nitrogens is 2. The van der Waals surface area contributed by atoms with Gasteiger partial charge in [-0.1, -0.05) is 32.4 Å². The molecule has 3 amide bonds. The first-order valence-corrected chi connectivity index (χ1v) is 19.3. The van der Waals surface area contributed by atoms with Gasteiger partial charge in [-0.15, -0.1) is 11.3 Å². The van der Waals surface area contributed by atoms with Crippen LogP contribution in [-0.2, 0) is 24.4 Å². The smallest absolute Gasteiger partial charge is 0.259 e. The minimum Gasteiger partial charge on any atom is -0.497 e. The number of nitrogens with zero attached hydrogens (tertiary/aromatic N) is 2. The number of hydrogen-bond acceptors (Lipinski definition) is 10. The maximum atomic E-state index is 13.8. The number of nitrogens with one attached hydrogen (secondary N) is 3. The zero-order valence-corrected chi connectivity index (χ0v) is 29.6.